The van der Waals surface area contributed by atoms with Crippen LogP contribution < -0.4 is 20.3 Å². The highest BCUT2D eigenvalue weighted by molar-refractivity contribution is 6.01. The van der Waals surface area contributed by atoms with E-state index in [9.17, 15) is 19.5 Å². The summed E-state index contributed by atoms with van der Waals surface area (Å²) < 4.78 is 5.50. The van der Waals surface area contributed by atoms with Crippen LogP contribution in [0.15, 0.2) is 72.8 Å². The Morgan fingerprint density at radius 1 is 0.868 bits per heavy atom. The van der Waals surface area contributed by atoms with Gasteiger partial charge >= 0.3 is 12.0 Å². The number of urea groups is 1. The summed E-state index contributed by atoms with van der Waals surface area (Å²) in [6.07, 6.45) is 0.00562. The Morgan fingerprint density at radius 3 is 2.21 bits per heavy atom. The fraction of sp³-hybridized carbons (Fsp3) is 0.276. The Hall–Kier alpha value is -4.37. The Morgan fingerprint density at radius 2 is 1.55 bits per heavy atom. The number of aliphatic carboxylic acids is 1. The number of amides is 3. The van der Waals surface area contributed by atoms with Gasteiger partial charge in [-0.2, -0.15) is 0 Å². The van der Waals surface area contributed by atoms with Gasteiger partial charge in [0.25, 0.3) is 0 Å². The number of hydrogen-bond donors (Lipinski definition) is 3. The molecule has 3 aromatic carbocycles. The lowest BCUT2D eigenvalue weighted by Gasteiger charge is -2.27. The largest absolute Gasteiger partial charge is 0.494 e. The molecular weight excluding hydrogens is 484 g/mol. The van der Waals surface area contributed by atoms with E-state index in [0.29, 0.717) is 49.0 Å². The van der Waals surface area contributed by atoms with E-state index in [2.05, 4.69) is 10.6 Å². The molecule has 0 saturated carbocycles. The van der Waals surface area contributed by atoms with Crippen molar-refractivity contribution in [1.29, 1.82) is 0 Å². The molecule has 0 aliphatic rings. The zero-order valence-corrected chi connectivity index (χ0v) is 21.9. The van der Waals surface area contributed by atoms with Crippen LogP contribution in [0, 0.1) is 6.92 Å². The molecule has 0 saturated heterocycles. The summed E-state index contributed by atoms with van der Waals surface area (Å²) in [6, 6.07) is 22.0. The molecule has 3 amide bonds. The number of nitrogens with zero attached hydrogens (tertiary/aromatic N) is 2. The molecule has 3 N–H and O–H groups in total. The average molecular weight is 519 g/mol. The lowest BCUT2D eigenvalue weighted by atomic mass is 10.2. The number of carbonyl (C=O) groups is 3. The van der Waals surface area contributed by atoms with Gasteiger partial charge in [-0.05, 0) is 36.2 Å². The maximum absolute atomic E-state index is 12.6. The first-order chi connectivity index (χ1) is 18.3. The fourth-order valence-electron chi connectivity index (χ4n) is 4.02. The predicted molar refractivity (Wildman–Crippen MR) is 149 cm³/mol. The van der Waals surface area contributed by atoms with Crippen LogP contribution in [0.1, 0.15) is 24.5 Å². The van der Waals surface area contributed by atoms with Crippen LogP contribution in [0.4, 0.5) is 21.9 Å². The fourth-order valence-corrected chi connectivity index (χ4v) is 4.02. The summed E-state index contributed by atoms with van der Waals surface area (Å²) in [5, 5.41) is 14.8. The summed E-state index contributed by atoms with van der Waals surface area (Å²) in [5.74, 6) is -0.630. The highest BCUT2D eigenvalue weighted by Gasteiger charge is 2.18. The van der Waals surface area contributed by atoms with Gasteiger partial charge in [0.1, 0.15) is 5.75 Å². The number of carboxylic acids is 1. The minimum absolute atomic E-state index is 0.00562. The SMILES string of the molecule is COc1cc(N(CCN(CCC(=O)O)Cc2ccccc2)C(C)=O)ccc1NC(=O)Nc1ccccc1C. The Labute approximate surface area is 223 Å². The molecule has 3 rings (SSSR count). The Bertz CT molecular complexity index is 1250. The van der Waals surface area contributed by atoms with E-state index >= 15 is 0 Å². The normalized spacial score (nSPS) is 10.6. The van der Waals surface area contributed by atoms with Crippen molar-refractivity contribution in [3.05, 3.63) is 83.9 Å². The average Bonchev–Trinajstić information content (AvgIpc) is 2.89. The molecule has 9 heteroatoms. The number of methoxy groups -OCH3 is 1. The summed E-state index contributed by atoms with van der Waals surface area (Å²) >= 11 is 0. The van der Waals surface area contributed by atoms with Gasteiger partial charge in [0.05, 0.1) is 19.2 Å². The third kappa shape index (κ3) is 8.35. The second-order valence-corrected chi connectivity index (χ2v) is 8.85. The molecule has 0 unspecified atom stereocenters. The molecule has 38 heavy (non-hydrogen) atoms. The highest BCUT2D eigenvalue weighted by atomic mass is 16.5. The molecule has 0 atom stereocenters. The minimum atomic E-state index is -0.870. The van der Waals surface area contributed by atoms with E-state index in [-0.39, 0.29) is 12.3 Å². The number of hydrogen-bond acceptors (Lipinski definition) is 5. The maximum atomic E-state index is 12.6. The lowest BCUT2D eigenvalue weighted by Crippen LogP contribution is -2.38. The van der Waals surface area contributed by atoms with Crippen LogP contribution in [-0.4, -0.2) is 54.7 Å². The van der Waals surface area contributed by atoms with Crippen molar-refractivity contribution in [2.75, 3.05) is 42.3 Å². The van der Waals surface area contributed by atoms with Gasteiger partial charge in [-0.3, -0.25) is 14.5 Å². The van der Waals surface area contributed by atoms with Crippen molar-refractivity contribution in [3.8, 4) is 5.75 Å². The second kappa shape index (κ2) is 13.8. The number of rotatable bonds is 12. The smallest absolute Gasteiger partial charge is 0.323 e. The monoisotopic (exact) mass is 518 g/mol. The lowest BCUT2D eigenvalue weighted by molar-refractivity contribution is -0.137. The van der Waals surface area contributed by atoms with E-state index in [1.807, 2.05) is 66.4 Å². The number of carboxylic acid groups (broad SMARTS) is 1. The minimum Gasteiger partial charge on any atom is -0.494 e. The van der Waals surface area contributed by atoms with Crippen molar-refractivity contribution < 1.29 is 24.2 Å². The number of nitrogens with one attached hydrogen (secondary N) is 2. The molecule has 0 heterocycles. The molecule has 9 nitrogen and oxygen atoms in total. The summed E-state index contributed by atoms with van der Waals surface area (Å²) in [4.78, 5) is 40.0. The van der Waals surface area contributed by atoms with Gasteiger partial charge in [0.15, 0.2) is 0 Å². The number of carbonyl (C=O) groups excluding carboxylic acids is 2. The summed E-state index contributed by atoms with van der Waals surface area (Å²) in [6.45, 7) is 5.14. The van der Waals surface area contributed by atoms with E-state index < -0.39 is 12.0 Å². The number of anilines is 3. The number of para-hydroxylation sites is 1. The van der Waals surface area contributed by atoms with Crippen LogP contribution in [0.5, 0.6) is 5.75 Å². The molecule has 0 fully saturated rings. The van der Waals surface area contributed by atoms with Crippen LogP contribution in [0.3, 0.4) is 0 Å². The first kappa shape index (κ1) is 28.2. The zero-order valence-electron chi connectivity index (χ0n) is 21.9. The topological polar surface area (TPSA) is 111 Å². The second-order valence-electron chi connectivity index (χ2n) is 8.85. The molecule has 200 valence electrons. The first-order valence-electron chi connectivity index (χ1n) is 12.3. The van der Waals surface area contributed by atoms with Gasteiger partial charge in [-0.25, -0.2) is 4.79 Å². The Kier molecular flexibility index (Phi) is 10.2. The van der Waals surface area contributed by atoms with Crippen molar-refractivity contribution in [2.24, 2.45) is 0 Å². The first-order valence-corrected chi connectivity index (χ1v) is 12.3. The predicted octanol–water partition coefficient (Wildman–Crippen LogP) is 4.98. The third-order valence-corrected chi connectivity index (χ3v) is 6.05. The van der Waals surface area contributed by atoms with Crippen LogP contribution in [0.25, 0.3) is 0 Å². The van der Waals surface area contributed by atoms with E-state index in [1.165, 1.54) is 14.0 Å². The number of aryl methyl sites for hydroxylation is 1. The quantitative estimate of drug-likeness (QED) is 0.312. The zero-order chi connectivity index (χ0) is 27.5. The van der Waals surface area contributed by atoms with Gasteiger partial charge in [-0.1, -0.05) is 48.5 Å². The summed E-state index contributed by atoms with van der Waals surface area (Å²) in [7, 11) is 1.50. The van der Waals surface area contributed by atoms with Crippen LogP contribution in [-0.2, 0) is 16.1 Å². The van der Waals surface area contributed by atoms with Crippen molar-refractivity contribution in [3.63, 3.8) is 0 Å². The van der Waals surface area contributed by atoms with Crippen molar-refractivity contribution in [2.45, 2.75) is 26.8 Å². The Balaban J connectivity index is 1.71. The van der Waals surface area contributed by atoms with Gasteiger partial charge in [-0.15, -0.1) is 0 Å². The standard InChI is InChI=1S/C29H34N4O5/c1-21-9-7-8-12-25(21)30-29(37)31-26-14-13-24(19-27(26)38-3)33(22(2)34)18-17-32(16-15-28(35)36)20-23-10-5-4-6-11-23/h4-14,19H,15-18,20H2,1-3H3,(H,35,36)(H2,30,31,37). The van der Waals surface area contributed by atoms with Crippen molar-refractivity contribution in [1.82, 2.24) is 4.90 Å². The van der Waals surface area contributed by atoms with Gasteiger partial charge in [0, 0.05) is 50.5 Å². The summed E-state index contributed by atoms with van der Waals surface area (Å²) in [5.41, 5.74) is 3.77. The molecule has 0 aliphatic carbocycles. The van der Waals surface area contributed by atoms with Crippen LogP contribution in [0.2, 0.25) is 0 Å². The molecule has 0 aliphatic heterocycles. The molecule has 3 aromatic rings. The third-order valence-electron chi connectivity index (χ3n) is 6.05. The maximum Gasteiger partial charge on any atom is 0.323 e. The molecule has 0 aromatic heterocycles. The molecule has 0 bridgehead atoms. The van der Waals surface area contributed by atoms with Gasteiger partial charge < -0.3 is 25.4 Å². The van der Waals surface area contributed by atoms with E-state index in [0.717, 1.165) is 11.1 Å². The highest BCUT2D eigenvalue weighted by Crippen LogP contribution is 2.30. The van der Waals surface area contributed by atoms with E-state index in [4.69, 9.17) is 4.74 Å². The molecular formula is C29H34N4O5. The van der Waals surface area contributed by atoms with Crippen LogP contribution >= 0.6 is 0 Å². The van der Waals surface area contributed by atoms with Crippen molar-refractivity contribution >= 4 is 35.0 Å². The van der Waals surface area contributed by atoms with E-state index in [1.54, 1.807) is 23.1 Å². The molecule has 0 spiro atoms. The van der Waals surface area contributed by atoms with Gasteiger partial charge in [0.2, 0.25) is 5.91 Å². The number of benzene rings is 3. The number of ether oxygens (including phenoxy) is 1. The molecule has 0 radical (unpaired) electrons.